The van der Waals surface area contributed by atoms with Crippen molar-refractivity contribution in [2.24, 2.45) is 0 Å². The van der Waals surface area contributed by atoms with Crippen LogP contribution < -0.4 is 11.3 Å². The molecule has 5 rings (SSSR count). The van der Waals surface area contributed by atoms with Crippen molar-refractivity contribution in [3.05, 3.63) is 67.9 Å². The third-order valence-corrected chi connectivity index (χ3v) is 4.85. The fourth-order valence-corrected chi connectivity index (χ4v) is 3.69. The van der Waals surface area contributed by atoms with Crippen molar-refractivity contribution in [3.63, 3.8) is 0 Å². The van der Waals surface area contributed by atoms with Gasteiger partial charge in [-0.3, -0.25) is 0 Å². The van der Waals surface area contributed by atoms with Crippen LogP contribution in [0.25, 0.3) is 43.5 Å². The van der Waals surface area contributed by atoms with Crippen LogP contribution in [0.3, 0.4) is 0 Å². The molecule has 2 heterocycles. The van der Waals surface area contributed by atoms with Gasteiger partial charge in [-0.1, -0.05) is 5.92 Å². The first-order valence-electron chi connectivity index (χ1n) is 8.10. The lowest BCUT2D eigenvalue weighted by molar-refractivity contribution is 0.488. The zero-order valence-electron chi connectivity index (χ0n) is 14.0. The van der Waals surface area contributed by atoms with Crippen LogP contribution in [0.5, 0.6) is 0 Å². The number of nitrogens with zero attached hydrogens (tertiary/aromatic N) is 2. The topological polar surface area (TPSA) is 108 Å². The molecule has 0 bridgehead atoms. The molecule has 0 spiro atoms. The second-order valence-corrected chi connectivity index (χ2v) is 6.26. The van der Waals surface area contributed by atoms with Crippen LogP contribution in [0.4, 0.5) is 0 Å². The molecule has 5 aromatic rings. The van der Waals surface area contributed by atoms with Crippen molar-refractivity contribution in [1.29, 1.82) is 10.5 Å². The van der Waals surface area contributed by atoms with Gasteiger partial charge in [-0.25, -0.2) is 9.59 Å². The van der Waals surface area contributed by atoms with Crippen molar-refractivity contribution in [2.75, 3.05) is 0 Å². The first-order chi connectivity index (χ1) is 13.6. The first-order valence-corrected chi connectivity index (χ1v) is 8.10. The van der Waals surface area contributed by atoms with Gasteiger partial charge in [-0.15, -0.1) is 6.42 Å². The van der Waals surface area contributed by atoms with Crippen LogP contribution in [0.1, 0.15) is 16.7 Å². The van der Waals surface area contributed by atoms with E-state index in [0.29, 0.717) is 32.7 Å². The van der Waals surface area contributed by atoms with Crippen LogP contribution in [0.15, 0.2) is 48.8 Å². The second kappa shape index (κ2) is 5.20. The fourth-order valence-electron chi connectivity index (χ4n) is 3.69. The molecule has 0 radical (unpaired) electrons. The summed E-state index contributed by atoms with van der Waals surface area (Å²) < 4.78 is 10.7. The van der Waals surface area contributed by atoms with Gasteiger partial charge in [0.15, 0.2) is 5.58 Å². The molecular weight excluding hydrogens is 356 g/mol. The van der Waals surface area contributed by atoms with E-state index in [9.17, 15) is 20.1 Å². The Kier molecular flexibility index (Phi) is 2.91. The number of hydrogen-bond donors (Lipinski definition) is 0. The number of nitriles is 2. The van der Waals surface area contributed by atoms with Gasteiger partial charge in [0.2, 0.25) is 0 Å². The van der Waals surface area contributed by atoms with Gasteiger partial charge in [0.25, 0.3) is 0 Å². The van der Waals surface area contributed by atoms with E-state index in [0.717, 1.165) is 0 Å². The first kappa shape index (κ1) is 15.6. The molecule has 3 aromatic carbocycles. The Morgan fingerprint density at radius 1 is 0.786 bits per heavy atom. The predicted molar refractivity (Wildman–Crippen MR) is 102 cm³/mol. The Morgan fingerprint density at radius 2 is 1.46 bits per heavy atom. The molecular formula is C22H6N2O4. The van der Waals surface area contributed by atoms with Crippen molar-refractivity contribution in [2.45, 2.75) is 0 Å². The highest BCUT2D eigenvalue weighted by Crippen LogP contribution is 2.40. The van der Waals surface area contributed by atoms with Crippen LogP contribution >= 0.6 is 0 Å². The Hall–Kier alpha value is -4.60. The monoisotopic (exact) mass is 362 g/mol. The Labute approximate surface area is 155 Å². The Bertz CT molecular complexity index is 1700. The van der Waals surface area contributed by atoms with Gasteiger partial charge in [0.1, 0.15) is 11.7 Å². The maximum atomic E-state index is 12.3. The van der Waals surface area contributed by atoms with Gasteiger partial charge in [0.05, 0.1) is 28.0 Å². The lowest BCUT2D eigenvalue weighted by Gasteiger charge is -2.13. The van der Waals surface area contributed by atoms with E-state index in [4.69, 9.17) is 15.3 Å². The smallest absolute Gasteiger partial charge is 0.346 e. The molecule has 28 heavy (non-hydrogen) atoms. The van der Waals surface area contributed by atoms with Crippen molar-refractivity contribution >= 4 is 43.5 Å². The average molecular weight is 362 g/mol. The minimum absolute atomic E-state index is 0.0794. The van der Waals surface area contributed by atoms with Gasteiger partial charge in [-0.2, -0.15) is 10.5 Å². The molecule has 128 valence electrons. The zero-order valence-corrected chi connectivity index (χ0v) is 14.0. The van der Waals surface area contributed by atoms with E-state index in [2.05, 4.69) is 12.0 Å². The number of benzene rings is 3. The standard InChI is InChI=1S/C22H6N2O4/c1-2-10-3-4-16-13(5-10)17-11(8-23)6-14-18-15(22(26)28-21(14)25)7-12(9-24)20(27-16)19(17)18/h1,3-7H. The molecule has 0 unspecified atom stereocenters. The van der Waals surface area contributed by atoms with Crippen LogP contribution in [0, 0.1) is 35.0 Å². The molecule has 0 fully saturated rings. The fraction of sp³-hybridized carbons (Fsp3) is 0. The summed E-state index contributed by atoms with van der Waals surface area (Å²) in [5, 5.41) is 21.2. The van der Waals surface area contributed by atoms with E-state index in [1.165, 1.54) is 12.1 Å². The summed E-state index contributed by atoms with van der Waals surface area (Å²) in [4.78, 5) is 24.6. The molecule has 0 aliphatic carbocycles. The second-order valence-electron chi connectivity index (χ2n) is 6.26. The maximum Gasteiger partial charge on any atom is 0.346 e. The largest absolute Gasteiger partial charge is 0.455 e. The number of rotatable bonds is 0. The highest BCUT2D eigenvalue weighted by atomic mass is 16.4. The Morgan fingerprint density at radius 3 is 2.11 bits per heavy atom. The molecule has 0 aliphatic heterocycles. The lowest BCUT2D eigenvalue weighted by atomic mass is 9.91. The highest BCUT2D eigenvalue weighted by Gasteiger charge is 2.23. The number of hydrogen-bond acceptors (Lipinski definition) is 6. The average Bonchev–Trinajstić information content (AvgIpc) is 2.72. The van der Waals surface area contributed by atoms with Gasteiger partial charge in [0, 0.05) is 27.1 Å². The van der Waals surface area contributed by atoms with Gasteiger partial charge < -0.3 is 8.83 Å². The van der Waals surface area contributed by atoms with Gasteiger partial charge >= 0.3 is 11.3 Å². The third-order valence-electron chi connectivity index (χ3n) is 4.85. The molecule has 0 atom stereocenters. The number of fused-ring (bicyclic) bond motifs is 2. The minimum atomic E-state index is -0.848. The highest BCUT2D eigenvalue weighted by molar-refractivity contribution is 6.28. The predicted octanol–water partition coefficient (Wildman–Crippen LogP) is 3.37. The summed E-state index contributed by atoms with van der Waals surface area (Å²) >= 11 is 0. The van der Waals surface area contributed by atoms with E-state index in [1.807, 2.05) is 6.07 Å². The molecule has 2 aromatic heterocycles. The summed E-state index contributed by atoms with van der Waals surface area (Å²) in [5.74, 6) is 2.53. The third kappa shape index (κ3) is 1.80. The van der Waals surface area contributed by atoms with Crippen LogP contribution in [-0.2, 0) is 0 Å². The SMILES string of the molecule is C#Cc1ccc2oc3c(C#N)cc4c(=O)oc(=O)c5cc(C#N)c(c2c1)c3c45. The van der Waals surface area contributed by atoms with Crippen molar-refractivity contribution in [1.82, 2.24) is 0 Å². The van der Waals surface area contributed by atoms with E-state index in [-0.39, 0.29) is 27.5 Å². The summed E-state index contributed by atoms with van der Waals surface area (Å²) in [6.45, 7) is 0. The van der Waals surface area contributed by atoms with Crippen molar-refractivity contribution < 1.29 is 8.83 Å². The van der Waals surface area contributed by atoms with Crippen LogP contribution in [-0.4, -0.2) is 0 Å². The molecule has 0 saturated carbocycles. The molecule has 0 amide bonds. The molecule has 6 nitrogen and oxygen atoms in total. The summed E-state index contributed by atoms with van der Waals surface area (Å²) in [5.41, 5.74) is -0.215. The quantitative estimate of drug-likeness (QED) is 0.237. The summed E-state index contributed by atoms with van der Waals surface area (Å²) in [6, 6.07) is 11.9. The van der Waals surface area contributed by atoms with E-state index in [1.54, 1.807) is 18.2 Å². The normalized spacial score (nSPS) is 11.0. The minimum Gasteiger partial charge on any atom is -0.455 e. The lowest BCUT2D eigenvalue weighted by Crippen LogP contribution is -2.13. The zero-order chi connectivity index (χ0) is 19.6. The number of terminal acetylenes is 1. The molecule has 0 N–H and O–H groups in total. The summed E-state index contributed by atoms with van der Waals surface area (Å²) in [6.07, 6.45) is 5.50. The maximum absolute atomic E-state index is 12.3. The summed E-state index contributed by atoms with van der Waals surface area (Å²) in [7, 11) is 0. The van der Waals surface area contributed by atoms with E-state index >= 15 is 0 Å². The molecule has 6 heteroatoms. The van der Waals surface area contributed by atoms with Crippen LogP contribution in [0.2, 0.25) is 0 Å². The van der Waals surface area contributed by atoms with Gasteiger partial charge in [-0.05, 0) is 30.3 Å². The van der Waals surface area contributed by atoms with Crippen molar-refractivity contribution in [3.8, 4) is 24.5 Å². The molecule has 0 saturated heterocycles. The molecule has 0 aliphatic rings. The Balaban J connectivity index is 2.30. The van der Waals surface area contributed by atoms with E-state index < -0.39 is 11.3 Å².